The van der Waals surface area contributed by atoms with Crippen molar-refractivity contribution in [1.29, 1.82) is 0 Å². The van der Waals surface area contributed by atoms with Gasteiger partial charge in [-0.05, 0) is 31.4 Å². The van der Waals surface area contributed by atoms with Crippen LogP contribution in [0.15, 0.2) is 0 Å². The molecule has 112 valence electrons. The summed E-state index contributed by atoms with van der Waals surface area (Å²) in [5.74, 6) is 2.09. The second kappa shape index (κ2) is 7.33. The summed E-state index contributed by atoms with van der Waals surface area (Å²) in [6.07, 6.45) is 10.7. The number of nitrogens with zero attached hydrogens (tertiary/aromatic N) is 1. The Kier molecular flexibility index (Phi) is 6.04. The van der Waals surface area contributed by atoms with E-state index in [0.29, 0.717) is 5.54 Å². The van der Waals surface area contributed by atoms with E-state index in [1.807, 2.05) is 11.8 Å². The van der Waals surface area contributed by atoms with Crippen molar-refractivity contribution in [3.05, 3.63) is 0 Å². The van der Waals surface area contributed by atoms with E-state index in [4.69, 9.17) is 0 Å². The third kappa shape index (κ3) is 4.37. The Hall–Kier alpha value is 0.270. The molecule has 0 aromatic carbocycles. The molecular formula is C16H32N2S. The number of hydrogen-bond donors (Lipinski definition) is 1. The Morgan fingerprint density at radius 1 is 1.26 bits per heavy atom. The molecule has 19 heavy (non-hydrogen) atoms. The molecule has 0 bridgehead atoms. The molecule has 1 spiro atoms. The predicted octanol–water partition coefficient (Wildman–Crippen LogP) is 3.37. The zero-order valence-electron chi connectivity index (χ0n) is 13.1. The van der Waals surface area contributed by atoms with Crippen LogP contribution in [0, 0.1) is 5.92 Å². The molecule has 2 fully saturated rings. The molecule has 1 aliphatic heterocycles. The molecular weight excluding hydrogens is 252 g/mol. The lowest BCUT2D eigenvalue weighted by molar-refractivity contribution is 0.0518. The highest BCUT2D eigenvalue weighted by Gasteiger charge is 2.39. The molecule has 0 aromatic heterocycles. The summed E-state index contributed by atoms with van der Waals surface area (Å²) in [6.45, 7) is 8.51. The van der Waals surface area contributed by atoms with Gasteiger partial charge in [-0.3, -0.25) is 4.90 Å². The first-order valence-corrected chi connectivity index (χ1v) is 9.53. The topological polar surface area (TPSA) is 15.3 Å². The minimum absolute atomic E-state index is 0.462. The quantitative estimate of drug-likeness (QED) is 0.833. The van der Waals surface area contributed by atoms with E-state index >= 15 is 0 Å². The van der Waals surface area contributed by atoms with Gasteiger partial charge in [0.15, 0.2) is 0 Å². The number of thioether (sulfide) groups is 1. The molecule has 0 aromatic rings. The maximum Gasteiger partial charge on any atom is 0.0309 e. The van der Waals surface area contributed by atoms with Gasteiger partial charge in [0.25, 0.3) is 0 Å². The van der Waals surface area contributed by atoms with E-state index in [9.17, 15) is 0 Å². The monoisotopic (exact) mass is 284 g/mol. The van der Waals surface area contributed by atoms with E-state index in [-0.39, 0.29) is 0 Å². The summed E-state index contributed by atoms with van der Waals surface area (Å²) < 4.78 is 0. The van der Waals surface area contributed by atoms with Crippen LogP contribution in [-0.4, -0.2) is 48.1 Å². The van der Waals surface area contributed by atoms with Crippen LogP contribution in [0.5, 0.6) is 0 Å². The molecule has 1 heterocycles. The lowest BCUT2D eigenvalue weighted by Crippen LogP contribution is -2.65. The number of rotatable bonds is 5. The van der Waals surface area contributed by atoms with Crippen molar-refractivity contribution in [3.8, 4) is 0 Å². The van der Waals surface area contributed by atoms with Crippen molar-refractivity contribution in [1.82, 2.24) is 10.2 Å². The van der Waals surface area contributed by atoms with Gasteiger partial charge in [-0.1, -0.05) is 33.1 Å². The predicted molar refractivity (Wildman–Crippen MR) is 87.0 cm³/mol. The van der Waals surface area contributed by atoms with E-state index in [2.05, 4.69) is 30.3 Å². The lowest BCUT2D eigenvalue weighted by atomic mass is 9.79. The van der Waals surface area contributed by atoms with Crippen molar-refractivity contribution in [2.45, 2.75) is 64.0 Å². The summed E-state index contributed by atoms with van der Waals surface area (Å²) in [7, 11) is 0. The molecule has 1 N–H and O–H groups in total. The lowest BCUT2D eigenvalue weighted by Gasteiger charge is -2.50. The number of hydrogen-bond acceptors (Lipinski definition) is 3. The Bertz CT molecular complexity index is 261. The van der Waals surface area contributed by atoms with Crippen LogP contribution < -0.4 is 5.32 Å². The molecule has 2 nitrogen and oxygen atoms in total. The summed E-state index contributed by atoms with van der Waals surface area (Å²) in [5.41, 5.74) is 0.462. The Morgan fingerprint density at radius 2 is 2.00 bits per heavy atom. The van der Waals surface area contributed by atoms with Gasteiger partial charge >= 0.3 is 0 Å². The average molecular weight is 285 g/mol. The molecule has 1 saturated carbocycles. The molecule has 1 atom stereocenters. The molecule has 3 heteroatoms. The zero-order valence-corrected chi connectivity index (χ0v) is 13.9. The number of nitrogens with one attached hydrogen (secondary N) is 1. The van der Waals surface area contributed by atoms with Crippen molar-refractivity contribution in [3.63, 3.8) is 0 Å². The fourth-order valence-electron chi connectivity index (χ4n) is 3.85. The minimum Gasteiger partial charge on any atom is -0.308 e. The second-order valence-electron chi connectivity index (χ2n) is 6.97. The highest BCUT2D eigenvalue weighted by atomic mass is 32.2. The average Bonchev–Trinajstić information content (AvgIpc) is 2.40. The normalized spacial score (nSPS) is 28.1. The number of piperazine rings is 1. The van der Waals surface area contributed by atoms with Gasteiger partial charge in [-0.25, -0.2) is 0 Å². The van der Waals surface area contributed by atoms with Crippen LogP contribution in [0.4, 0.5) is 0 Å². The molecule has 1 unspecified atom stereocenters. The van der Waals surface area contributed by atoms with Gasteiger partial charge in [-0.2, -0.15) is 11.8 Å². The van der Waals surface area contributed by atoms with Crippen molar-refractivity contribution in [2.24, 2.45) is 5.92 Å². The minimum atomic E-state index is 0.462. The molecule has 0 radical (unpaired) electrons. The standard InChI is InChI=1S/C16H32N2S/c1-14(2)11-15-12-17-16(7-5-4-6-8-16)13-18(15)9-10-19-3/h14-15,17H,4-13H2,1-3H3. The molecule has 2 aliphatic rings. The Balaban J connectivity index is 1.96. The van der Waals surface area contributed by atoms with Gasteiger partial charge in [0.05, 0.1) is 0 Å². The summed E-state index contributed by atoms with van der Waals surface area (Å²) in [5, 5.41) is 3.95. The van der Waals surface area contributed by atoms with Gasteiger partial charge in [0.2, 0.25) is 0 Å². The van der Waals surface area contributed by atoms with Gasteiger partial charge < -0.3 is 5.32 Å². The highest BCUT2D eigenvalue weighted by molar-refractivity contribution is 7.98. The summed E-state index contributed by atoms with van der Waals surface area (Å²) in [6, 6.07) is 0.764. The maximum absolute atomic E-state index is 3.95. The van der Waals surface area contributed by atoms with Crippen molar-refractivity contribution < 1.29 is 0 Å². The fraction of sp³-hybridized carbons (Fsp3) is 1.00. The van der Waals surface area contributed by atoms with Gasteiger partial charge in [0, 0.05) is 37.0 Å². The Labute approximate surface area is 124 Å². The largest absolute Gasteiger partial charge is 0.308 e. The summed E-state index contributed by atoms with van der Waals surface area (Å²) >= 11 is 1.99. The molecule has 1 saturated heterocycles. The third-order valence-electron chi connectivity index (χ3n) is 4.87. The van der Waals surface area contributed by atoms with Crippen LogP contribution in [0.1, 0.15) is 52.4 Å². The van der Waals surface area contributed by atoms with Crippen LogP contribution in [0.25, 0.3) is 0 Å². The molecule has 1 aliphatic carbocycles. The summed E-state index contributed by atoms with van der Waals surface area (Å²) in [4.78, 5) is 2.80. The molecule has 2 rings (SSSR count). The van der Waals surface area contributed by atoms with E-state index < -0.39 is 0 Å². The van der Waals surface area contributed by atoms with Crippen LogP contribution in [0.2, 0.25) is 0 Å². The third-order valence-corrected chi connectivity index (χ3v) is 5.46. The van der Waals surface area contributed by atoms with E-state index in [1.165, 1.54) is 63.9 Å². The Morgan fingerprint density at radius 3 is 2.63 bits per heavy atom. The second-order valence-corrected chi connectivity index (χ2v) is 7.95. The van der Waals surface area contributed by atoms with E-state index in [0.717, 1.165) is 12.0 Å². The zero-order chi connectivity index (χ0) is 13.7. The fourth-order valence-corrected chi connectivity index (χ4v) is 4.26. The van der Waals surface area contributed by atoms with Crippen LogP contribution >= 0.6 is 11.8 Å². The van der Waals surface area contributed by atoms with Crippen molar-refractivity contribution >= 4 is 11.8 Å². The van der Waals surface area contributed by atoms with Crippen LogP contribution in [0.3, 0.4) is 0 Å². The van der Waals surface area contributed by atoms with E-state index in [1.54, 1.807) is 0 Å². The first kappa shape index (κ1) is 15.7. The first-order chi connectivity index (χ1) is 9.15. The first-order valence-electron chi connectivity index (χ1n) is 8.13. The maximum atomic E-state index is 3.95. The van der Waals surface area contributed by atoms with Crippen LogP contribution in [-0.2, 0) is 0 Å². The highest BCUT2D eigenvalue weighted by Crippen LogP contribution is 2.32. The smallest absolute Gasteiger partial charge is 0.0309 e. The molecule has 0 amide bonds. The SMILES string of the molecule is CSCCN1CC2(CCCCC2)NCC1CC(C)C. The van der Waals surface area contributed by atoms with Gasteiger partial charge in [0.1, 0.15) is 0 Å². The van der Waals surface area contributed by atoms with Crippen molar-refractivity contribution in [2.75, 3.05) is 31.6 Å². The van der Waals surface area contributed by atoms with Gasteiger partial charge in [-0.15, -0.1) is 0 Å².